The fourth-order valence-electron chi connectivity index (χ4n) is 3.62. The van der Waals surface area contributed by atoms with Crippen molar-refractivity contribution in [3.8, 4) is 0 Å². The summed E-state index contributed by atoms with van der Waals surface area (Å²) in [5, 5.41) is 0. The van der Waals surface area contributed by atoms with Crippen molar-refractivity contribution in [1.29, 1.82) is 0 Å². The molecule has 0 amide bonds. The summed E-state index contributed by atoms with van der Waals surface area (Å²) in [6, 6.07) is 20.4. The topological polar surface area (TPSA) is 46.5 Å². The maximum atomic E-state index is 12.3. The zero-order valence-electron chi connectivity index (χ0n) is 15.4. The van der Waals surface area contributed by atoms with Crippen LogP contribution in [0, 0.1) is 11.3 Å². The van der Waals surface area contributed by atoms with Gasteiger partial charge in [-0.05, 0) is 16.5 Å². The first-order chi connectivity index (χ1) is 12.5. The van der Waals surface area contributed by atoms with Crippen LogP contribution in [0.3, 0.4) is 0 Å². The zero-order valence-corrected chi connectivity index (χ0v) is 15.4. The van der Waals surface area contributed by atoms with E-state index in [2.05, 4.69) is 29.3 Å². The van der Waals surface area contributed by atoms with Crippen molar-refractivity contribution in [3.05, 3.63) is 71.8 Å². The average Bonchev–Trinajstić information content (AvgIpc) is 2.61. The lowest BCUT2D eigenvalue weighted by Gasteiger charge is -2.30. The summed E-state index contributed by atoms with van der Waals surface area (Å²) in [6.45, 7) is 4.46. The Labute approximate surface area is 155 Å². The molecule has 134 valence electrons. The van der Waals surface area contributed by atoms with Gasteiger partial charge in [0.2, 0.25) is 0 Å². The second kappa shape index (κ2) is 7.77. The van der Waals surface area contributed by atoms with E-state index in [0.717, 1.165) is 0 Å². The Hall–Kier alpha value is -2.55. The monoisotopic (exact) mass is 347 g/mol. The molecular weight excluding hydrogens is 322 g/mol. The summed E-state index contributed by atoms with van der Waals surface area (Å²) < 4.78 is 0. The molecule has 0 atom stereocenters. The van der Waals surface area contributed by atoms with E-state index in [1.807, 2.05) is 50.2 Å². The number of ketones is 2. The van der Waals surface area contributed by atoms with E-state index in [9.17, 15) is 9.59 Å². The molecular formula is C23H25NO2. The molecule has 1 aliphatic rings. The van der Waals surface area contributed by atoms with Crippen LogP contribution in [-0.2, 0) is 9.59 Å². The SMILES string of the molecule is CC1(C)CC(=O)C(C=NCC(c2ccccc2)c2ccccc2)C(=O)C1. The van der Waals surface area contributed by atoms with Crippen LogP contribution in [0.25, 0.3) is 0 Å². The highest BCUT2D eigenvalue weighted by molar-refractivity contribution is 6.16. The highest BCUT2D eigenvalue weighted by Gasteiger charge is 2.38. The number of benzene rings is 2. The third kappa shape index (κ3) is 4.34. The molecule has 2 aromatic carbocycles. The molecule has 2 aromatic rings. The van der Waals surface area contributed by atoms with Gasteiger partial charge in [0.15, 0.2) is 0 Å². The molecule has 0 bridgehead atoms. The lowest BCUT2D eigenvalue weighted by Crippen LogP contribution is -2.38. The second-order valence-electron chi connectivity index (χ2n) is 7.82. The average molecular weight is 347 g/mol. The third-order valence-corrected chi connectivity index (χ3v) is 4.95. The molecule has 1 aliphatic carbocycles. The Bertz CT molecular complexity index is 734. The van der Waals surface area contributed by atoms with E-state index in [0.29, 0.717) is 19.4 Å². The standard InChI is InChI=1S/C23H25NO2/c1-23(2)13-21(25)20(22(26)14-23)16-24-15-19(17-9-5-3-6-10-17)18-11-7-4-8-12-18/h3-12,16,19-20H,13-15H2,1-2H3. The minimum atomic E-state index is -0.671. The first-order valence-electron chi connectivity index (χ1n) is 9.11. The van der Waals surface area contributed by atoms with E-state index in [1.54, 1.807) is 6.21 Å². The van der Waals surface area contributed by atoms with Crippen molar-refractivity contribution in [2.24, 2.45) is 16.3 Å². The van der Waals surface area contributed by atoms with Gasteiger partial charge in [0.1, 0.15) is 17.5 Å². The fraction of sp³-hybridized carbons (Fsp3) is 0.348. The fourth-order valence-corrected chi connectivity index (χ4v) is 3.62. The highest BCUT2D eigenvalue weighted by Crippen LogP contribution is 2.33. The zero-order chi connectivity index (χ0) is 18.6. The van der Waals surface area contributed by atoms with Crippen molar-refractivity contribution in [1.82, 2.24) is 0 Å². The minimum Gasteiger partial charge on any atom is -0.298 e. The molecule has 0 unspecified atom stereocenters. The van der Waals surface area contributed by atoms with Crippen LogP contribution in [0.5, 0.6) is 0 Å². The van der Waals surface area contributed by atoms with Gasteiger partial charge in [-0.1, -0.05) is 74.5 Å². The molecule has 0 heterocycles. The second-order valence-corrected chi connectivity index (χ2v) is 7.82. The van der Waals surface area contributed by atoms with Gasteiger partial charge in [-0.25, -0.2) is 0 Å². The number of aliphatic imine (C=N–C) groups is 1. The van der Waals surface area contributed by atoms with Gasteiger partial charge >= 0.3 is 0 Å². The van der Waals surface area contributed by atoms with Gasteiger partial charge in [-0.3, -0.25) is 14.6 Å². The summed E-state index contributed by atoms with van der Waals surface area (Å²) in [6.07, 6.45) is 2.46. The summed E-state index contributed by atoms with van der Waals surface area (Å²) in [4.78, 5) is 29.2. The van der Waals surface area contributed by atoms with E-state index in [4.69, 9.17) is 0 Å². The van der Waals surface area contributed by atoms with E-state index in [1.165, 1.54) is 11.1 Å². The first kappa shape index (κ1) is 18.2. The number of hydrogen-bond acceptors (Lipinski definition) is 3. The van der Waals surface area contributed by atoms with Gasteiger partial charge in [-0.15, -0.1) is 0 Å². The maximum absolute atomic E-state index is 12.3. The lowest BCUT2D eigenvalue weighted by atomic mass is 9.72. The third-order valence-electron chi connectivity index (χ3n) is 4.95. The van der Waals surface area contributed by atoms with Crippen LogP contribution < -0.4 is 0 Å². The molecule has 1 fully saturated rings. The van der Waals surface area contributed by atoms with Crippen molar-refractivity contribution in [2.75, 3.05) is 6.54 Å². The molecule has 26 heavy (non-hydrogen) atoms. The molecule has 3 rings (SSSR count). The quantitative estimate of drug-likeness (QED) is 0.592. The molecule has 3 heteroatoms. The number of hydrogen-bond donors (Lipinski definition) is 0. The molecule has 0 aromatic heterocycles. The van der Waals surface area contributed by atoms with Crippen molar-refractivity contribution in [2.45, 2.75) is 32.6 Å². The Morgan fingerprint density at radius 3 is 1.85 bits per heavy atom. The predicted molar refractivity (Wildman–Crippen MR) is 105 cm³/mol. The highest BCUT2D eigenvalue weighted by atomic mass is 16.2. The molecule has 0 saturated heterocycles. The van der Waals surface area contributed by atoms with Gasteiger partial charge in [0.25, 0.3) is 0 Å². The molecule has 1 saturated carbocycles. The van der Waals surface area contributed by atoms with E-state index < -0.39 is 5.92 Å². The van der Waals surface area contributed by atoms with Crippen molar-refractivity contribution < 1.29 is 9.59 Å². The lowest BCUT2D eigenvalue weighted by molar-refractivity contribution is -0.136. The van der Waals surface area contributed by atoms with Crippen LogP contribution in [0.15, 0.2) is 65.7 Å². The van der Waals surface area contributed by atoms with Crippen LogP contribution in [-0.4, -0.2) is 24.3 Å². The van der Waals surface area contributed by atoms with Gasteiger partial charge in [0.05, 0.1) is 0 Å². The summed E-state index contributed by atoms with van der Waals surface area (Å²) in [5.74, 6) is -0.578. The molecule has 0 spiro atoms. The number of carbonyl (C=O) groups is 2. The van der Waals surface area contributed by atoms with E-state index >= 15 is 0 Å². The number of nitrogens with zero attached hydrogens (tertiary/aromatic N) is 1. The van der Waals surface area contributed by atoms with Gasteiger partial charge in [0, 0.05) is 31.5 Å². The summed E-state index contributed by atoms with van der Waals surface area (Å²) in [5.41, 5.74) is 2.13. The predicted octanol–water partition coefficient (Wildman–Crippen LogP) is 4.46. The van der Waals surface area contributed by atoms with Gasteiger partial charge in [-0.2, -0.15) is 0 Å². The summed E-state index contributed by atoms with van der Waals surface area (Å²) in [7, 11) is 0. The largest absolute Gasteiger partial charge is 0.298 e. The Morgan fingerprint density at radius 1 is 0.923 bits per heavy atom. The van der Waals surface area contributed by atoms with Gasteiger partial charge < -0.3 is 0 Å². The molecule has 3 nitrogen and oxygen atoms in total. The minimum absolute atomic E-state index is 0.00836. The number of carbonyl (C=O) groups excluding carboxylic acids is 2. The first-order valence-corrected chi connectivity index (χ1v) is 9.11. The molecule has 0 N–H and O–H groups in total. The Morgan fingerprint density at radius 2 is 1.38 bits per heavy atom. The number of rotatable bonds is 5. The van der Waals surface area contributed by atoms with Crippen LogP contribution in [0.4, 0.5) is 0 Å². The molecule has 0 radical (unpaired) electrons. The normalized spacial score (nSPS) is 18.0. The maximum Gasteiger partial charge on any atom is 0.149 e. The number of Topliss-reactive ketones (excluding diaryl/α,β-unsaturated/α-hetero) is 2. The Kier molecular flexibility index (Phi) is 5.46. The van der Waals surface area contributed by atoms with Crippen LogP contribution in [0.2, 0.25) is 0 Å². The van der Waals surface area contributed by atoms with Crippen molar-refractivity contribution in [3.63, 3.8) is 0 Å². The molecule has 0 aliphatic heterocycles. The van der Waals surface area contributed by atoms with Crippen LogP contribution >= 0.6 is 0 Å². The van der Waals surface area contributed by atoms with Crippen LogP contribution in [0.1, 0.15) is 43.7 Å². The Balaban J connectivity index is 1.77. The smallest absolute Gasteiger partial charge is 0.149 e. The summed E-state index contributed by atoms with van der Waals surface area (Å²) >= 11 is 0. The van der Waals surface area contributed by atoms with E-state index in [-0.39, 0.29) is 22.9 Å². The van der Waals surface area contributed by atoms with Crippen molar-refractivity contribution >= 4 is 17.8 Å².